The summed E-state index contributed by atoms with van der Waals surface area (Å²) < 4.78 is 26.5. The van der Waals surface area contributed by atoms with Crippen molar-refractivity contribution in [3.63, 3.8) is 0 Å². The van der Waals surface area contributed by atoms with Crippen LogP contribution in [-0.2, 0) is 12.8 Å². The van der Waals surface area contributed by atoms with Gasteiger partial charge in [0.15, 0.2) is 5.82 Å². The predicted octanol–water partition coefficient (Wildman–Crippen LogP) is 2.88. The smallest absolute Gasteiger partial charge is 0.161 e. The third kappa shape index (κ3) is 2.28. The van der Waals surface area contributed by atoms with Gasteiger partial charge >= 0.3 is 0 Å². The highest BCUT2D eigenvalue weighted by atomic mass is 19.1. The Balaban J connectivity index is 2.12. The van der Waals surface area contributed by atoms with Crippen LogP contribution in [0.5, 0.6) is 0 Å². The summed E-state index contributed by atoms with van der Waals surface area (Å²) in [6.45, 7) is 0. The molecule has 0 saturated heterocycles. The first kappa shape index (κ1) is 12.0. The Morgan fingerprint density at radius 2 is 1.63 bits per heavy atom. The van der Waals surface area contributed by atoms with Gasteiger partial charge in [0.1, 0.15) is 17.5 Å². The molecule has 0 unspecified atom stereocenters. The van der Waals surface area contributed by atoms with Crippen LogP contribution in [0.2, 0.25) is 0 Å². The fourth-order valence-electron chi connectivity index (χ4n) is 2.44. The van der Waals surface area contributed by atoms with Crippen LogP contribution in [0.4, 0.5) is 14.6 Å². The molecule has 0 aliphatic heterocycles. The Kier molecular flexibility index (Phi) is 2.89. The number of nitrogens with two attached hydrogens (primary N) is 1. The molecule has 1 aliphatic carbocycles. The third-order valence-corrected chi connectivity index (χ3v) is 3.34. The lowest BCUT2D eigenvalue weighted by atomic mass is 9.96. The lowest BCUT2D eigenvalue weighted by molar-refractivity contribution is 0.584. The summed E-state index contributed by atoms with van der Waals surface area (Å²) in [4.78, 5) is 8.57. The van der Waals surface area contributed by atoms with E-state index >= 15 is 0 Å². The maximum atomic E-state index is 13.2. The third-order valence-electron chi connectivity index (χ3n) is 3.34. The summed E-state index contributed by atoms with van der Waals surface area (Å²) in [7, 11) is 0. The van der Waals surface area contributed by atoms with Gasteiger partial charge in [-0.25, -0.2) is 18.7 Å². The molecular formula is C14H13F2N3. The molecule has 5 heteroatoms. The van der Waals surface area contributed by atoms with Crippen LogP contribution in [0.1, 0.15) is 24.1 Å². The van der Waals surface area contributed by atoms with Crippen molar-refractivity contribution in [2.45, 2.75) is 25.7 Å². The summed E-state index contributed by atoms with van der Waals surface area (Å²) in [5.74, 6) is -0.578. The Morgan fingerprint density at radius 1 is 0.947 bits per heavy atom. The van der Waals surface area contributed by atoms with Crippen LogP contribution in [0, 0.1) is 11.6 Å². The van der Waals surface area contributed by atoms with E-state index in [1.54, 1.807) is 0 Å². The second-order valence-corrected chi connectivity index (χ2v) is 4.72. The van der Waals surface area contributed by atoms with Crippen LogP contribution in [-0.4, -0.2) is 9.97 Å². The van der Waals surface area contributed by atoms with Gasteiger partial charge in [0.05, 0.1) is 0 Å². The minimum absolute atomic E-state index is 0.288. The lowest BCUT2D eigenvalue weighted by Crippen LogP contribution is -2.11. The quantitative estimate of drug-likeness (QED) is 0.858. The van der Waals surface area contributed by atoms with Crippen molar-refractivity contribution in [1.29, 1.82) is 0 Å². The number of nitrogens with zero attached hydrogens (tertiary/aromatic N) is 2. The van der Waals surface area contributed by atoms with Crippen molar-refractivity contribution in [1.82, 2.24) is 9.97 Å². The normalized spacial score (nSPS) is 14.2. The zero-order chi connectivity index (χ0) is 13.4. The van der Waals surface area contributed by atoms with Crippen LogP contribution >= 0.6 is 0 Å². The number of hydrogen-bond acceptors (Lipinski definition) is 3. The lowest BCUT2D eigenvalue weighted by Gasteiger charge is -2.17. The predicted molar refractivity (Wildman–Crippen MR) is 68.4 cm³/mol. The molecule has 2 N–H and O–H groups in total. The van der Waals surface area contributed by atoms with E-state index in [1.165, 1.54) is 12.1 Å². The fourth-order valence-corrected chi connectivity index (χ4v) is 2.44. The van der Waals surface area contributed by atoms with Crippen molar-refractivity contribution >= 4 is 5.82 Å². The zero-order valence-corrected chi connectivity index (χ0v) is 10.3. The highest BCUT2D eigenvalue weighted by Gasteiger charge is 2.17. The number of fused-ring (bicyclic) bond motifs is 1. The van der Waals surface area contributed by atoms with Crippen LogP contribution in [0.25, 0.3) is 11.4 Å². The first-order chi connectivity index (χ1) is 9.13. The van der Waals surface area contributed by atoms with Crippen molar-refractivity contribution in [3.8, 4) is 11.4 Å². The molecule has 0 radical (unpaired) electrons. The Bertz CT molecular complexity index is 621. The largest absolute Gasteiger partial charge is 0.383 e. The standard InChI is InChI=1S/C14H13F2N3/c15-9-5-8(6-10(16)7-9)14-18-12-4-2-1-3-11(12)13(17)19-14/h5-7H,1-4H2,(H2,17,18,19). The maximum absolute atomic E-state index is 13.2. The number of nitrogen functional groups attached to an aromatic ring is 1. The SMILES string of the molecule is Nc1nc(-c2cc(F)cc(F)c2)nc2c1CCCC2. The molecule has 0 spiro atoms. The van der Waals surface area contributed by atoms with Gasteiger partial charge in [-0.2, -0.15) is 0 Å². The van der Waals surface area contributed by atoms with Crippen molar-refractivity contribution in [2.75, 3.05) is 5.73 Å². The van der Waals surface area contributed by atoms with E-state index in [2.05, 4.69) is 9.97 Å². The average Bonchev–Trinajstić information content (AvgIpc) is 2.37. The van der Waals surface area contributed by atoms with Gasteiger partial charge in [-0.3, -0.25) is 0 Å². The molecule has 1 heterocycles. The van der Waals surface area contributed by atoms with Gasteiger partial charge in [0.25, 0.3) is 0 Å². The monoisotopic (exact) mass is 261 g/mol. The van der Waals surface area contributed by atoms with E-state index in [1.807, 2.05) is 0 Å². The van der Waals surface area contributed by atoms with Gasteiger partial charge in [0, 0.05) is 22.9 Å². The van der Waals surface area contributed by atoms with Crippen LogP contribution in [0.15, 0.2) is 18.2 Å². The van der Waals surface area contributed by atoms with Gasteiger partial charge in [-0.15, -0.1) is 0 Å². The maximum Gasteiger partial charge on any atom is 0.161 e. The fraction of sp³-hybridized carbons (Fsp3) is 0.286. The van der Waals surface area contributed by atoms with Crippen LogP contribution < -0.4 is 5.73 Å². The number of rotatable bonds is 1. The highest BCUT2D eigenvalue weighted by Crippen LogP contribution is 2.27. The van der Waals surface area contributed by atoms with E-state index in [0.29, 0.717) is 11.4 Å². The molecular weight excluding hydrogens is 248 g/mol. The minimum atomic E-state index is -0.644. The summed E-state index contributed by atoms with van der Waals surface area (Å²) in [5.41, 5.74) is 8.11. The second-order valence-electron chi connectivity index (χ2n) is 4.72. The first-order valence-corrected chi connectivity index (χ1v) is 6.25. The highest BCUT2D eigenvalue weighted by molar-refractivity contribution is 5.59. The molecule has 0 fully saturated rings. The molecule has 1 aliphatic rings. The van der Waals surface area contributed by atoms with Crippen molar-refractivity contribution < 1.29 is 8.78 Å². The van der Waals surface area contributed by atoms with E-state index in [9.17, 15) is 8.78 Å². The number of anilines is 1. The first-order valence-electron chi connectivity index (χ1n) is 6.25. The minimum Gasteiger partial charge on any atom is -0.383 e. The molecule has 0 bridgehead atoms. The van der Waals surface area contributed by atoms with E-state index in [0.717, 1.165) is 43.0 Å². The van der Waals surface area contributed by atoms with Gasteiger partial charge in [0.2, 0.25) is 0 Å². The van der Waals surface area contributed by atoms with E-state index in [-0.39, 0.29) is 5.82 Å². The van der Waals surface area contributed by atoms with Gasteiger partial charge < -0.3 is 5.73 Å². The molecule has 1 aromatic carbocycles. The molecule has 3 nitrogen and oxygen atoms in total. The molecule has 2 aromatic rings. The van der Waals surface area contributed by atoms with E-state index in [4.69, 9.17) is 5.73 Å². The number of hydrogen-bond donors (Lipinski definition) is 1. The van der Waals surface area contributed by atoms with Gasteiger partial charge in [-0.1, -0.05) is 0 Å². The topological polar surface area (TPSA) is 51.8 Å². The summed E-state index contributed by atoms with van der Waals surface area (Å²) >= 11 is 0. The van der Waals surface area contributed by atoms with Crippen molar-refractivity contribution in [3.05, 3.63) is 41.1 Å². The molecule has 3 rings (SSSR count). The number of halogens is 2. The second kappa shape index (κ2) is 4.57. The number of aryl methyl sites for hydroxylation is 1. The number of benzene rings is 1. The van der Waals surface area contributed by atoms with Crippen LogP contribution in [0.3, 0.4) is 0 Å². The molecule has 98 valence electrons. The molecule has 0 saturated carbocycles. The molecule has 1 aromatic heterocycles. The van der Waals surface area contributed by atoms with E-state index < -0.39 is 11.6 Å². The van der Waals surface area contributed by atoms with Gasteiger partial charge in [-0.05, 0) is 37.8 Å². The Labute approximate surface area is 109 Å². The van der Waals surface area contributed by atoms with Crippen molar-refractivity contribution in [2.24, 2.45) is 0 Å². The summed E-state index contributed by atoms with van der Waals surface area (Å²) in [6.07, 6.45) is 3.85. The summed E-state index contributed by atoms with van der Waals surface area (Å²) in [6, 6.07) is 3.26. The molecule has 19 heavy (non-hydrogen) atoms. The zero-order valence-electron chi connectivity index (χ0n) is 10.3. The molecule has 0 amide bonds. The average molecular weight is 261 g/mol. The number of aromatic nitrogens is 2. The molecule has 0 atom stereocenters. The summed E-state index contributed by atoms with van der Waals surface area (Å²) in [5, 5.41) is 0. The Hall–Kier alpha value is -2.04. The Morgan fingerprint density at radius 3 is 2.37 bits per heavy atom.